The fourth-order valence-electron chi connectivity index (χ4n) is 1.52. The monoisotopic (exact) mass is 335 g/mol. The van der Waals surface area contributed by atoms with Crippen molar-refractivity contribution in [3.8, 4) is 5.75 Å². The van der Waals surface area contributed by atoms with Gasteiger partial charge in [0.25, 0.3) is 5.89 Å². The topological polar surface area (TPSA) is 60.2 Å². The summed E-state index contributed by atoms with van der Waals surface area (Å²) in [6.07, 6.45) is 0.669. The molecule has 1 heterocycles. The van der Waals surface area contributed by atoms with Crippen LogP contribution in [-0.4, -0.2) is 23.2 Å². The third kappa shape index (κ3) is 5.15. The number of nitrogens with one attached hydrogen (secondary N) is 1. The molecule has 1 aromatic heterocycles. The molecule has 1 atom stereocenters. The maximum atomic E-state index is 13.0. The van der Waals surface area contributed by atoms with Crippen molar-refractivity contribution in [3.05, 3.63) is 40.8 Å². The first-order valence-corrected chi connectivity index (χ1v) is 6.53. The molecule has 2 rings (SSSR count). The Hall–Kier alpha value is -1.37. The first-order valence-electron chi connectivity index (χ1n) is 6.15. The smallest absolute Gasteiger partial charge is 0.264 e. The van der Waals surface area contributed by atoms with Crippen molar-refractivity contribution in [1.29, 1.82) is 0 Å². The molecule has 5 nitrogen and oxygen atoms in total. The molecule has 0 aliphatic heterocycles. The Bertz CT molecular complexity index is 580. The van der Waals surface area contributed by atoms with E-state index in [4.69, 9.17) is 20.9 Å². The van der Waals surface area contributed by atoms with Crippen LogP contribution in [0.4, 0.5) is 4.39 Å². The summed E-state index contributed by atoms with van der Waals surface area (Å²) < 4.78 is 23.5. The van der Waals surface area contributed by atoms with Gasteiger partial charge in [0.15, 0.2) is 12.4 Å². The molecule has 0 bridgehead atoms. The van der Waals surface area contributed by atoms with Crippen molar-refractivity contribution >= 4 is 24.0 Å². The molecular weight excluding hydrogens is 320 g/mol. The summed E-state index contributed by atoms with van der Waals surface area (Å²) in [6, 6.07) is 4.39. The van der Waals surface area contributed by atoms with Crippen LogP contribution < -0.4 is 10.1 Å². The van der Waals surface area contributed by atoms with Crippen molar-refractivity contribution in [2.45, 2.75) is 26.0 Å². The lowest BCUT2D eigenvalue weighted by molar-refractivity contribution is 0.242. The van der Waals surface area contributed by atoms with Crippen LogP contribution in [0.1, 0.15) is 18.6 Å². The van der Waals surface area contributed by atoms with Gasteiger partial charge < -0.3 is 14.6 Å². The van der Waals surface area contributed by atoms with Crippen molar-refractivity contribution < 1.29 is 13.7 Å². The molecule has 21 heavy (non-hydrogen) atoms. The van der Waals surface area contributed by atoms with E-state index >= 15 is 0 Å². The van der Waals surface area contributed by atoms with Gasteiger partial charge in [0.2, 0.25) is 0 Å². The zero-order valence-corrected chi connectivity index (χ0v) is 13.2. The van der Waals surface area contributed by atoms with Crippen LogP contribution in [0.2, 0.25) is 5.02 Å². The minimum absolute atomic E-state index is 0. The second kappa shape index (κ2) is 8.17. The Balaban J connectivity index is 0.00000220. The summed E-state index contributed by atoms with van der Waals surface area (Å²) in [4.78, 5) is 4.20. The van der Waals surface area contributed by atoms with Gasteiger partial charge in [0, 0.05) is 18.5 Å². The van der Waals surface area contributed by atoms with E-state index in [0.717, 1.165) is 0 Å². The van der Waals surface area contributed by atoms with E-state index in [1.54, 1.807) is 0 Å². The maximum Gasteiger partial charge on any atom is 0.264 e. The molecule has 0 saturated heterocycles. The Morgan fingerprint density at radius 3 is 2.90 bits per heavy atom. The number of aromatic nitrogens is 2. The molecule has 0 aliphatic rings. The number of nitrogens with zero attached hydrogens (tertiary/aromatic N) is 2. The summed E-state index contributed by atoms with van der Waals surface area (Å²) in [6.45, 7) is 2.13. The van der Waals surface area contributed by atoms with Gasteiger partial charge in [-0.3, -0.25) is 0 Å². The Labute approximate surface area is 133 Å². The lowest BCUT2D eigenvalue weighted by Gasteiger charge is -2.05. The van der Waals surface area contributed by atoms with Crippen LogP contribution in [0.25, 0.3) is 0 Å². The fourth-order valence-corrected chi connectivity index (χ4v) is 1.69. The second-order valence-corrected chi connectivity index (χ2v) is 4.77. The predicted molar refractivity (Wildman–Crippen MR) is 79.5 cm³/mol. The van der Waals surface area contributed by atoms with Crippen LogP contribution in [0.3, 0.4) is 0 Å². The average molecular weight is 336 g/mol. The van der Waals surface area contributed by atoms with Crippen molar-refractivity contribution in [2.24, 2.45) is 0 Å². The van der Waals surface area contributed by atoms with Gasteiger partial charge >= 0.3 is 0 Å². The molecule has 1 aromatic carbocycles. The van der Waals surface area contributed by atoms with Crippen molar-refractivity contribution in [3.63, 3.8) is 0 Å². The zero-order chi connectivity index (χ0) is 14.5. The molecule has 0 amide bonds. The van der Waals surface area contributed by atoms with Crippen LogP contribution in [0.15, 0.2) is 22.7 Å². The van der Waals surface area contributed by atoms with E-state index in [2.05, 4.69) is 15.5 Å². The third-order valence-corrected chi connectivity index (χ3v) is 3.03. The highest BCUT2D eigenvalue weighted by Crippen LogP contribution is 2.21. The Morgan fingerprint density at radius 2 is 2.24 bits per heavy atom. The molecule has 2 aromatic rings. The van der Waals surface area contributed by atoms with Crippen LogP contribution in [0.5, 0.6) is 5.75 Å². The van der Waals surface area contributed by atoms with Gasteiger partial charge in [-0.25, -0.2) is 4.39 Å². The minimum atomic E-state index is -0.486. The number of halogens is 3. The maximum absolute atomic E-state index is 13.0. The molecule has 1 unspecified atom stereocenters. The van der Waals surface area contributed by atoms with Crippen LogP contribution >= 0.6 is 24.0 Å². The van der Waals surface area contributed by atoms with E-state index in [-0.39, 0.29) is 30.1 Å². The van der Waals surface area contributed by atoms with E-state index in [1.807, 2.05) is 14.0 Å². The number of ether oxygens (including phenoxy) is 1. The van der Waals surface area contributed by atoms with Crippen LogP contribution in [0, 0.1) is 5.82 Å². The normalized spacial score (nSPS) is 11.8. The summed E-state index contributed by atoms with van der Waals surface area (Å²) in [5.74, 6) is 0.936. The lowest BCUT2D eigenvalue weighted by Crippen LogP contribution is -2.24. The van der Waals surface area contributed by atoms with E-state index in [1.165, 1.54) is 18.2 Å². The molecule has 8 heteroatoms. The molecule has 1 N–H and O–H groups in total. The SMILES string of the molecule is CNC(C)Cc1noc(COc2ccc(F)c(Cl)c2)n1.Cl. The van der Waals surface area contributed by atoms with E-state index < -0.39 is 5.82 Å². The van der Waals surface area contributed by atoms with Gasteiger partial charge in [-0.05, 0) is 26.1 Å². The van der Waals surface area contributed by atoms with Gasteiger partial charge in [-0.15, -0.1) is 12.4 Å². The summed E-state index contributed by atoms with van der Waals surface area (Å²) in [5, 5.41) is 6.96. The van der Waals surface area contributed by atoms with Gasteiger partial charge in [0.1, 0.15) is 11.6 Å². The average Bonchev–Trinajstić information content (AvgIpc) is 2.87. The third-order valence-electron chi connectivity index (χ3n) is 2.75. The van der Waals surface area contributed by atoms with Gasteiger partial charge in [-0.1, -0.05) is 16.8 Å². The summed E-state index contributed by atoms with van der Waals surface area (Å²) in [5.41, 5.74) is 0. The quantitative estimate of drug-likeness (QED) is 0.879. The number of hydrogen-bond acceptors (Lipinski definition) is 5. The zero-order valence-electron chi connectivity index (χ0n) is 11.6. The Morgan fingerprint density at radius 1 is 1.48 bits per heavy atom. The first-order chi connectivity index (χ1) is 9.58. The van der Waals surface area contributed by atoms with Crippen molar-refractivity contribution in [2.75, 3.05) is 7.05 Å². The van der Waals surface area contributed by atoms with Crippen molar-refractivity contribution in [1.82, 2.24) is 15.5 Å². The largest absolute Gasteiger partial charge is 0.484 e. The minimum Gasteiger partial charge on any atom is -0.484 e. The highest BCUT2D eigenvalue weighted by atomic mass is 35.5. The van der Waals surface area contributed by atoms with Gasteiger partial charge in [0.05, 0.1) is 5.02 Å². The van der Waals surface area contributed by atoms with E-state index in [0.29, 0.717) is 23.9 Å². The molecule has 0 saturated carbocycles. The Kier molecular flexibility index (Phi) is 6.87. The highest BCUT2D eigenvalue weighted by molar-refractivity contribution is 6.30. The molecule has 0 spiro atoms. The molecule has 116 valence electrons. The molecule has 0 aliphatic carbocycles. The number of hydrogen-bond donors (Lipinski definition) is 1. The summed E-state index contributed by atoms with van der Waals surface area (Å²) in [7, 11) is 1.87. The summed E-state index contributed by atoms with van der Waals surface area (Å²) >= 11 is 5.66. The van der Waals surface area contributed by atoms with E-state index in [9.17, 15) is 4.39 Å². The lowest BCUT2D eigenvalue weighted by atomic mass is 10.2. The van der Waals surface area contributed by atoms with Crippen LogP contribution in [-0.2, 0) is 13.0 Å². The standard InChI is InChI=1S/C13H15ClFN3O2.ClH/c1-8(16-2)5-12-17-13(20-18-12)7-19-9-3-4-11(15)10(14)6-9;/h3-4,6,8,16H,5,7H2,1-2H3;1H. The number of likely N-dealkylation sites (N-methyl/N-ethyl adjacent to an activating group) is 1. The molecule has 0 fully saturated rings. The predicted octanol–water partition coefficient (Wildman–Crippen LogP) is 3.01. The first kappa shape index (κ1) is 17.7. The van der Waals surface area contributed by atoms with Gasteiger partial charge in [-0.2, -0.15) is 4.98 Å². The number of rotatable bonds is 6. The fraction of sp³-hybridized carbons (Fsp3) is 0.385. The molecule has 0 radical (unpaired) electrons. The highest BCUT2D eigenvalue weighted by Gasteiger charge is 2.10. The second-order valence-electron chi connectivity index (χ2n) is 4.36. The number of benzene rings is 1. The molecular formula is C13H16Cl2FN3O2.